The minimum absolute atomic E-state index is 0.170. The molecule has 10 heteroatoms. The second kappa shape index (κ2) is 14.4. The van der Waals surface area contributed by atoms with E-state index in [2.05, 4.69) is 37.1 Å². The Morgan fingerprint density at radius 2 is 1.56 bits per heavy atom. The van der Waals surface area contributed by atoms with Crippen molar-refractivity contribution in [1.29, 1.82) is 0 Å². The molecular weight excluding hydrogens is 588 g/mol. The molecule has 0 fully saturated rings. The molecule has 0 aliphatic heterocycles. The van der Waals surface area contributed by atoms with E-state index in [4.69, 9.17) is 9.47 Å². The van der Waals surface area contributed by atoms with Crippen LogP contribution in [0.3, 0.4) is 0 Å². The van der Waals surface area contributed by atoms with Gasteiger partial charge >= 0.3 is 11.8 Å². The minimum atomic E-state index is -1.01. The van der Waals surface area contributed by atoms with Gasteiger partial charge in [-0.3, -0.25) is 14.4 Å². The van der Waals surface area contributed by atoms with Crippen molar-refractivity contribution in [3.05, 3.63) is 118 Å². The van der Waals surface area contributed by atoms with E-state index in [0.717, 1.165) is 10.0 Å². The van der Waals surface area contributed by atoms with Crippen LogP contribution < -0.4 is 25.5 Å². The molecule has 0 saturated heterocycles. The lowest BCUT2D eigenvalue weighted by molar-refractivity contribution is -0.136. The summed E-state index contributed by atoms with van der Waals surface area (Å²) >= 11 is 3.42. The first-order valence-electron chi connectivity index (χ1n) is 12.7. The molecule has 0 aliphatic carbocycles. The van der Waals surface area contributed by atoms with Gasteiger partial charge in [-0.2, -0.15) is 5.10 Å². The van der Waals surface area contributed by atoms with Crippen LogP contribution in [0.2, 0.25) is 0 Å². The Labute approximate surface area is 245 Å². The third-order valence-electron chi connectivity index (χ3n) is 5.63. The summed E-state index contributed by atoms with van der Waals surface area (Å²) in [6.45, 7) is 2.77. The fourth-order valence-electron chi connectivity index (χ4n) is 3.67. The lowest BCUT2D eigenvalue weighted by Crippen LogP contribution is -2.33. The first-order chi connectivity index (χ1) is 19.9. The number of carbonyl (C=O) groups excluding carboxylic acids is 3. The number of carbonyl (C=O) groups is 3. The van der Waals surface area contributed by atoms with Crippen LogP contribution in [0, 0.1) is 0 Å². The second-order valence-electron chi connectivity index (χ2n) is 8.57. The molecule has 9 nitrogen and oxygen atoms in total. The quantitative estimate of drug-likeness (QED) is 0.119. The van der Waals surface area contributed by atoms with Gasteiger partial charge in [0.25, 0.3) is 5.91 Å². The molecule has 4 aromatic rings. The van der Waals surface area contributed by atoms with Crippen molar-refractivity contribution in [2.24, 2.45) is 5.10 Å². The standard InChI is InChI=1S/C31H27BrN4O5/c1-2-40-25-15-13-24(14-16-25)34-29(37)26-10-6-7-11-27(26)35-30(38)31(39)36-33-19-22-18-23(32)12-17-28(22)41-20-21-8-4-3-5-9-21/h3-19H,2,20H2,1H3,(H,34,37)(H,35,38)(H,36,39)/b33-19-. The Bertz CT molecular complexity index is 1540. The molecule has 0 spiro atoms. The Kier molecular flexibility index (Phi) is 10.2. The van der Waals surface area contributed by atoms with Gasteiger partial charge < -0.3 is 20.1 Å². The van der Waals surface area contributed by atoms with Crippen molar-refractivity contribution in [2.45, 2.75) is 13.5 Å². The monoisotopic (exact) mass is 614 g/mol. The summed E-state index contributed by atoms with van der Waals surface area (Å²) in [6.07, 6.45) is 1.38. The van der Waals surface area contributed by atoms with Crippen LogP contribution in [0.25, 0.3) is 0 Å². The van der Waals surface area contributed by atoms with E-state index in [1.807, 2.05) is 43.3 Å². The number of halogens is 1. The average molecular weight is 615 g/mol. The van der Waals surface area contributed by atoms with Crippen LogP contribution in [-0.4, -0.2) is 30.5 Å². The van der Waals surface area contributed by atoms with Gasteiger partial charge in [0, 0.05) is 15.7 Å². The molecule has 0 bridgehead atoms. The smallest absolute Gasteiger partial charge is 0.329 e. The Hall–Kier alpha value is -4.96. The number of amides is 3. The number of hydrogen-bond donors (Lipinski definition) is 3. The highest BCUT2D eigenvalue weighted by atomic mass is 79.9. The number of benzene rings is 4. The zero-order valence-corrected chi connectivity index (χ0v) is 23.7. The number of nitrogens with zero attached hydrogens (tertiary/aromatic N) is 1. The number of anilines is 2. The maximum atomic E-state index is 12.9. The van der Waals surface area contributed by atoms with Gasteiger partial charge in [-0.15, -0.1) is 0 Å². The van der Waals surface area contributed by atoms with Crippen LogP contribution >= 0.6 is 15.9 Å². The van der Waals surface area contributed by atoms with Gasteiger partial charge in [0.1, 0.15) is 18.1 Å². The van der Waals surface area contributed by atoms with Gasteiger partial charge in [-0.25, -0.2) is 5.43 Å². The number of ether oxygens (including phenoxy) is 2. The zero-order valence-electron chi connectivity index (χ0n) is 22.1. The summed E-state index contributed by atoms with van der Waals surface area (Å²) in [6, 6.07) is 28.3. The molecule has 208 valence electrons. The average Bonchev–Trinajstić information content (AvgIpc) is 2.98. The zero-order chi connectivity index (χ0) is 29.0. The molecule has 0 saturated carbocycles. The Morgan fingerprint density at radius 3 is 2.32 bits per heavy atom. The summed E-state index contributed by atoms with van der Waals surface area (Å²) < 4.78 is 12.1. The Morgan fingerprint density at radius 1 is 0.829 bits per heavy atom. The highest BCUT2D eigenvalue weighted by Crippen LogP contribution is 2.23. The minimum Gasteiger partial charge on any atom is -0.494 e. The number of rotatable bonds is 10. The maximum absolute atomic E-state index is 12.9. The van der Waals surface area contributed by atoms with Crippen LogP contribution in [0.15, 0.2) is 107 Å². The van der Waals surface area contributed by atoms with E-state index in [-0.39, 0.29) is 11.3 Å². The van der Waals surface area contributed by atoms with Crippen LogP contribution in [0.4, 0.5) is 11.4 Å². The lowest BCUT2D eigenvalue weighted by Gasteiger charge is -2.11. The van der Waals surface area contributed by atoms with Crippen molar-refractivity contribution >= 4 is 51.2 Å². The van der Waals surface area contributed by atoms with E-state index in [0.29, 0.717) is 36.0 Å². The highest BCUT2D eigenvalue weighted by Gasteiger charge is 2.18. The topological polar surface area (TPSA) is 118 Å². The molecule has 41 heavy (non-hydrogen) atoms. The molecule has 3 N–H and O–H groups in total. The normalized spacial score (nSPS) is 10.6. The van der Waals surface area contributed by atoms with E-state index in [9.17, 15) is 14.4 Å². The molecule has 0 unspecified atom stereocenters. The van der Waals surface area contributed by atoms with Gasteiger partial charge in [0.2, 0.25) is 0 Å². The van der Waals surface area contributed by atoms with Crippen LogP contribution in [-0.2, 0) is 16.2 Å². The van der Waals surface area contributed by atoms with E-state index in [1.54, 1.807) is 54.6 Å². The largest absolute Gasteiger partial charge is 0.494 e. The highest BCUT2D eigenvalue weighted by molar-refractivity contribution is 9.10. The number of para-hydroxylation sites is 1. The number of nitrogens with one attached hydrogen (secondary N) is 3. The first kappa shape index (κ1) is 29.0. The van der Waals surface area contributed by atoms with Crippen molar-refractivity contribution in [2.75, 3.05) is 17.2 Å². The lowest BCUT2D eigenvalue weighted by atomic mass is 10.1. The SMILES string of the molecule is CCOc1ccc(NC(=O)c2ccccc2NC(=O)C(=O)N/N=C\c2cc(Br)ccc2OCc2ccccc2)cc1. The van der Waals surface area contributed by atoms with E-state index >= 15 is 0 Å². The predicted octanol–water partition coefficient (Wildman–Crippen LogP) is 5.77. The third kappa shape index (κ3) is 8.51. The fourth-order valence-corrected chi connectivity index (χ4v) is 4.05. The molecule has 3 amide bonds. The van der Waals surface area contributed by atoms with Gasteiger partial charge in [-0.05, 0) is 67.1 Å². The van der Waals surface area contributed by atoms with Crippen molar-refractivity contribution in [3.8, 4) is 11.5 Å². The van der Waals surface area contributed by atoms with E-state index in [1.165, 1.54) is 12.3 Å². The van der Waals surface area contributed by atoms with Crippen molar-refractivity contribution in [1.82, 2.24) is 5.43 Å². The van der Waals surface area contributed by atoms with Gasteiger partial charge in [0.05, 0.1) is 24.1 Å². The number of hydrazone groups is 1. The first-order valence-corrected chi connectivity index (χ1v) is 13.5. The summed E-state index contributed by atoms with van der Waals surface area (Å²) in [7, 11) is 0. The third-order valence-corrected chi connectivity index (χ3v) is 6.12. The summed E-state index contributed by atoms with van der Waals surface area (Å²) in [4.78, 5) is 38.0. The van der Waals surface area contributed by atoms with Gasteiger partial charge in [0.15, 0.2) is 0 Å². The summed E-state index contributed by atoms with van der Waals surface area (Å²) in [5, 5.41) is 9.16. The second-order valence-corrected chi connectivity index (χ2v) is 9.48. The molecule has 0 heterocycles. The molecular formula is C31H27BrN4O5. The molecule has 4 rings (SSSR count). The van der Waals surface area contributed by atoms with Crippen LogP contribution in [0.5, 0.6) is 11.5 Å². The van der Waals surface area contributed by atoms with E-state index < -0.39 is 17.7 Å². The molecule has 0 aliphatic rings. The Balaban J connectivity index is 1.36. The number of hydrogen-bond acceptors (Lipinski definition) is 6. The van der Waals surface area contributed by atoms with Crippen molar-refractivity contribution in [3.63, 3.8) is 0 Å². The molecule has 0 radical (unpaired) electrons. The maximum Gasteiger partial charge on any atom is 0.329 e. The fraction of sp³-hybridized carbons (Fsp3) is 0.0968. The summed E-state index contributed by atoms with van der Waals surface area (Å²) in [5.74, 6) is -1.22. The van der Waals surface area contributed by atoms with Crippen LogP contribution in [0.1, 0.15) is 28.4 Å². The molecule has 0 aromatic heterocycles. The summed E-state index contributed by atoms with van der Waals surface area (Å²) in [5.41, 5.74) is 4.70. The predicted molar refractivity (Wildman–Crippen MR) is 161 cm³/mol. The molecule has 0 atom stereocenters. The molecule has 4 aromatic carbocycles. The van der Waals surface area contributed by atoms with Gasteiger partial charge in [-0.1, -0.05) is 58.4 Å². The van der Waals surface area contributed by atoms with Crippen molar-refractivity contribution < 1.29 is 23.9 Å².